The highest BCUT2D eigenvalue weighted by molar-refractivity contribution is 5.72. The fourth-order valence-corrected chi connectivity index (χ4v) is 0.327. The minimum absolute atomic E-state index is 0.00463. The number of nitrogens with one attached hydrogen (secondary N) is 1. The van der Waals surface area contributed by atoms with Crippen LogP contribution in [0.15, 0.2) is 36.5 Å². The van der Waals surface area contributed by atoms with E-state index in [0.717, 1.165) is 0 Å². The molecule has 0 fully saturated rings. The molecule has 0 heterocycles. The maximum atomic E-state index is 9.70. The predicted octanol–water partition coefficient (Wildman–Crippen LogP) is 6.55. The first-order valence-corrected chi connectivity index (χ1v) is 8.15. The largest absolute Gasteiger partial charge is 0.359 e. The van der Waals surface area contributed by atoms with Gasteiger partial charge in [0.2, 0.25) is 5.91 Å². The summed E-state index contributed by atoms with van der Waals surface area (Å²) < 4.78 is 0. The van der Waals surface area contributed by atoms with Crippen LogP contribution >= 0.6 is 0 Å². The van der Waals surface area contributed by atoms with Crippen LogP contribution in [-0.2, 0) is 4.79 Å². The van der Waals surface area contributed by atoms with E-state index >= 15 is 0 Å². The van der Waals surface area contributed by atoms with Gasteiger partial charge in [-0.1, -0.05) is 91.8 Å². The molecule has 1 N–H and O–H groups in total. The molecule has 0 atom stereocenters. The lowest BCUT2D eigenvalue weighted by Crippen LogP contribution is -2.11. The van der Waals surface area contributed by atoms with Crippen LogP contribution in [0.5, 0.6) is 0 Å². The average molecular weight is 302 g/mol. The summed E-state index contributed by atoms with van der Waals surface area (Å²) in [6, 6.07) is 0. The van der Waals surface area contributed by atoms with E-state index in [1.807, 2.05) is 73.6 Å². The summed E-state index contributed by atoms with van der Waals surface area (Å²) in [5.41, 5.74) is 1.31. The SMILES string of the molecule is C=C/C=C\C=C(C)C.CC.CC.CC.CC.CNC(C)=O. The smallest absolute Gasteiger partial charge is 0.216 e. The molecule has 0 radical (unpaired) electrons. The van der Waals surface area contributed by atoms with Crippen molar-refractivity contribution in [2.75, 3.05) is 7.05 Å². The Hall–Kier alpha value is -1.31. The zero-order valence-electron chi connectivity index (χ0n) is 16.9. The number of carbonyl (C=O) groups excluding carboxylic acids is 1. The van der Waals surface area contributed by atoms with Crippen LogP contribution in [0.25, 0.3) is 0 Å². The Balaban J connectivity index is -0.0000000375. The van der Waals surface area contributed by atoms with Gasteiger partial charge < -0.3 is 5.32 Å². The van der Waals surface area contributed by atoms with Gasteiger partial charge in [0.25, 0.3) is 0 Å². The predicted molar refractivity (Wildman–Crippen MR) is 104 cm³/mol. The summed E-state index contributed by atoms with van der Waals surface area (Å²) in [5.74, 6) is 0.00463. The highest BCUT2D eigenvalue weighted by Crippen LogP contribution is 1.87. The van der Waals surface area contributed by atoms with Gasteiger partial charge in [-0.05, 0) is 13.8 Å². The van der Waals surface area contributed by atoms with Gasteiger partial charge in [0, 0.05) is 14.0 Å². The molecule has 0 bridgehead atoms. The Morgan fingerprint density at radius 1 is 0.810 bits per heavy atom. The summed E-state index contributed by atoms with van der Waals surface area (Å²) in [7, 11) is 1.60. The Morgan fingerprint density at radius 3 is 1.24 bits per heavy atom. The Labute approximate surface area is 136 Å². The van der Waals surface area contributed by atoms with Crippen LogP contribution < -0.4 is 5.32 Å². The maximum absolute atomic E-state index is 9.70. The van der Waals surface area contributed by atoms with Gasteiger partial charge >= 0.3 is 0 Å². The van der Waals surface area contributed by atoms with Crippen molar-refractivity contribution in [1.82, 2.24) is 5.32 Å². The third kappa shape index (κ3) is 161. The number of amides is 1. The van der Waals surface area contributed by atoms with Gasteiger partial charge in [-0.25, -0.2) is 0 Å². The van der Waals surface area contributed by atoms with Gasteiger partial charge in [-0.3, -0.25) is 4.79 Å². The molecule has 0 unspecified atom stereocenters. The topological polar surface area (TPSA) is 29.1 Å². The Bertz CT molecular complexity index is 200. The lowest BCUT2D eigenvalue weighted by molar-refractivity contribution is -0.118. The fraction of sp³-hybridized carbons (Fsp3) is 0.632. The fourth-order valence-electron chi connectivity index (χ4n) is 0.327. The van der Waals surface area contributed by atoms with E-state index in [9.17, 15) is 4.79 Å². The molecule has 0 spiro atoms. The van der Waals surface area contributed by atoms with Crippen molar-refractivity contribution < 1.29 is 4.79 Å². The van der Waals surface area contributed by atoms with Crippen molar-refractivity contribution >= 4 is 5.91 Å². The third-order valence-electron chi connectivity index (χ3n) is 1.03. The quantitative estimate of drug-likeness (QED) is 0.575. The first kappa shape index (κ1) is 36.7. The van der Waals surface area contributed by atoms with Crippen LogP contribution in [0.2, 0.25) is 0 Å². The molecule has 0 aromatic heterocycles. The number of rotatable bonds is 2. The van der Waals surface area contributed by atoms with E-state index in [2.05, 4.69) is 25.7 Å². The first-order valence-electron chi connectivity index (χ1n) is 8.15. The summed E-state index contributed by atoms with van der Waals surface area (Å²) >= 11 is 0. The molecule has 0 aromatic rings. The molecule has 2 nitrogen and oxygen atoms in total. The van der Waals surface area contributed by atoms with E-state index < -0.39 is 0 Å². The molecule has 2 heteroatoms. The van der Waals surface area contributed by atoms with Crippen molar-refractivity contribution in [3.8, 4) is 0 Å². The molecule has 1 amide bonds. The Morgan fingerprint density at radius 2 is 1.10 bits per heavy atom. The number of hydrogen-bond donors (Lipinski definition) is 1. The second-order valence-corrected chi connectivity index (χ2v) is 2.67. The minimum Gasteiger partial charge on any atom is -0.359 e. The average Bonchev–Trinajstić information content (AvgIpc) is 2.55. The minimum atomic E-state index is 0.00463. The standard InChI is InChI=1S/C8H12.C3H7NO.4C2H6/c1-4-5-6-7-8(2)3;1-3(5)4-2;4*1-2/h4-7H,1H2,2-3H3;1-2H3,(H,4,5);4*1-2H3/b6-5-;;;;;. The van der Waals surface area contributed by atoms with Crippen LogP contribution in [-0.4, -0.2) is 13.0 Å². The van der Waals surface area contributed by atoms with Gasteiger partial charge in [0.15, 0.2) is 0 Å². The summed E-state index contributed by atoms with van der Waals surface area (Å²) in [5, 5.41) is 2.39. The van der Waals surface area contributed by atoms with E-state index in [1.165, 1.54) is 12.5 Å². The number of allylic oxidation sites excluding steroid dienone is 5. The van der Waals surface area contributed by atoms with Crippen LogP contribution in [0, 0.1) is 0 Å². The van der Waals surface area contributed by atoms with Crippen molar-refractivity contribution in [3.63, 3.8) is 0 Å². The van der Waals surface area contributed by atoms with Crippen LogP contribution in [0.4, 0.5) is 0 Å². The maximum Gasteiger partial charge on any atom is 0.216 e. The molecule has 0 rings (SSSR count). The monoisotopic (exact) mass is 301 g/mol. The van der Waals surface area contributed by atoms with E-state index in [0.29, 0.717) is 0 Å². The first-order chi connectivity index (χ1) is 10.0. The normalized spacial score (nSPS) is 6.29. The Kier molecular flexibility index (Phi) is 109. The zero-order valence-corrected chi connectivity index (χ0v) is 16.9. The molecule has 0 aliphatic heterocycles. The van der Waals surface area contributed by atoms with Gasteiger partial charge in [0.1, 0.15) is 0 Å². The van der Waals surface area contributed by atoms with Gasteiger partial charge in [0.05, 0.1) is 0 Å². The van der Waals surface area contributed by atoms with Crippen LogP contribution in [0.1, 0.15) is 76.2 Å². The lowest BCUT2D eigenvalue weighted by Gasteiger charge is -1.80. The van der Waals surface area contributed by atoms with Crippen molar-refractivity contribution in [2.24, 2.45) is 0 Å². The molecule has 0 aliphatic carbocycles. The second-order valence-electron chi connectivity index (χ2n) is 2.67. The number of hydrogen-bond acceptors (Lipinski definition) is 1. The highest BCUT2D eigenvalue weighted by Gasteiger charge is 1.72. The molecule has 0 aromatic carbocycles. The van der Waals surface area contributed by atoms with Crippen molar-refractivity contribution in [2.45, 2.75) is 76.2 Å². The molecular weight excluding hydrogens is 258 g/mol. The van der Waals surface area contributed by atoms with Gasteiger partial charge in [-0.2, -0.15) is 0 Å². The highest BCUT2D eigenvalue weighted by atomic mass is 16.1. The molecule has 130 valence electrons. The molecular formula is C19H43NO. The third-order valence-corrected chi connectivity index (χ3v) is 1.03. The van der Waals surface area contributed by atoms with Crippen molar-refractivity contribution in [1.29, 1.82) is 0 Å². The summed E-state index contributed by atoms with van der Waals surface area (Å²) in [4.78, 5) is 9.70. The molecule has 0 aliphatic rings. The van der Waals surface area contributed by atoms with E-state index in [1.54, 1.807) is 13.1 Å². The zero-order chi connectivity index (χ0) is 18.7. The van der Waals surface area contributed by atoms with E-state index in [-0.39, 0.29) is 5.91 Å². The number of carbonyl (C=O) groups is 1. The second kappa shape index (κ2) is 62.3. The molecule has 0 saturated heterocycles. The van der Waals surface area contributed by atoms with Gasteiger partial charge in [-0.15, -0.1) is 0 Å². The molecule has 0 saturated carbocycles. The summed E-state index contributed by atoms with van der Waals surface area (Å²) in [6.07, 6.45) is 7.69. The van der Waals surface area contributed by atoms with Crippen LogP contribution in [0.3, 0.4) is 0 Å². The van der Waals surface area contributed by atoms with Crippen molar-refractivity contribution in [3.05, 3.63) is 36.5 Å². The summed E-state index contributed by atoms with van der Waals surface area (Å²) in [6.45, 7) is 25.1. The lowest BCUT2D eigenvalue weighted by atomic mass is 10.3. The van der Waals surface area contributed by atoms with E-state index in [4.69, 9.17) is 0 Å². The molecule has 21 heavy (non-hydrogen) atoms.